The fourth-order valence-electron chi connectivity index (χ4n) is 2.44. The van der Waals surface area contributed by atoms with E-state index in [1.165, 1.54) is 0 Å². The Labute approximate surface area is 143 Å². The van der Waals surface area contributed by atoms with E-state index in [4.69, 9.17) is 9.47 Å². The third-order valence-electron chi connectivity index (χ3n) is 3.88. The zero-order chi connectivity index (χ0) is 17.7. The van der Waals surface area contributed by atoms with Crippen LogP contribution < -0.4 is 5.32 Å². The Hall–Kier alpha value is -2.24. The van der Waals surface area contributed by atoms with Crippen molar-refractivity contribution in [2.75, 3.05) is 7.05 Å². The first-order valence-corrected chi connectivity index (χ1v) is 8.17. The molecule has 0 radical (unpaired) electrons. The largest absolute Gasteiger partial charge is 0.445 e. The van der Waals surface area contributed by atoms with Crippen molar-refractivity contribution in [2.45, 2.75) is 57.9 Å². The highest BCUT2D eigenvalue weighted by atomic mass is 16.6. The number of rotatable bonds is 4. The molecule has 1 aromatic rings. The van der Waals surface area contributed by atoms with Crippen molar-refractivity contribution < 1.29 is 19.1 Å². The predicted molar refractivity (Wildman–Crippen MR) is 90.6 cm³/mol. The summed E-state index contributed by atoms with van der Waals surface area (Å²) in [5.41, 5.74) is 0.442. The molecular weight excluding hydrogens is 308 g/mol. The molecule has 1 aliphatic rings. The van der Waals surface area contributed by atoms with Crippen LogP contribution in [0.25, 0.3) is 0 Å². The van der Waals surface area contributed by atoms with Crippen LogP contribution >= 0.6 is 0 Å². The van der Waals surface area contributed by atoms with Crippen molar-refractivity contribution in [3.63, 3.8) is 0 Å². The number of hydrogen-bond acceptors (Lipinski definition) is 4. The standard InChI is InChI=1S/C18H26N2O4/c1-18(2,3)24-17(22)20(4)15-10-14(11-15)19-16(21)23-12-13-8-6-5-7-9-13/h5-9,14-15H,10-12H2,1-4H3,(H,19,21)/t14-,15-. The molecule has 6 nitrogen and oxygen atoms in total. The number of alkyl carbamates (subject to hydrolysis) is 1. The highest BCUT2D eigenvalue weighted by molar-refractivity contribution is 5.69. The van der Waals surface area contributed by atoms with Crippen molar-refractivity contribution in [1.29, 1.82) is 0 Å². The van der Waals surface area contributed by atoms with Crippen LogP contribution in [-0.2, 0) is 16.1 Å². The number of hydrogen-bond donors (Lipinski definition) is 1. The second-order valence-corrected chi connectivity index (χ2v) is 7.12. The molecule has 1 fully saturated rings. The van der Waals surface area contributed by atoms with Gasteiger partial charge in [-0.1, -0.05) is 30.3 Å². The Morgan fingerprint density at radius 1 is 1.21 bits per heavy atom. The van der Waals surface area contributed by atoms with Gasteiger partial charge in [0.05, 0.1) is 0 Å². The van der Waals surface area contributed by atoms with Gasteiger partial charge in [-0.15, -0.1) is 0 Å². The third kappa shape index (κ3) is 5.44. The third-order valence-corrected chi connectivity index (χ3v) is 3.88. The quantitative estimate of drug-likeness (QED) is 0.917. The molecule has 0 saturated heterocycles. The van der Waals surface area contributed by atoms with Gasteiger partial charge in [0.25, 0.3) is 0 Å². The molecular formula is C18H26N2O4. The van der Waals surface area contributed by atoms with Crippen LogP contribution in [0, 0.1) is 0 Å². The SMILES string of the molecule is CN(C(=O)OC(C)(C)C)[C@H]1C[C@H](NC(=O)OCc2ccccc2)C1. The van der Waals surface area contributed by atoms with Crippen LogP contribution in [0.3, 0.4) is 0 Å². The number of nitrogens with one attached hydrogen (secondary N) is 1. The van der Waals surface area contributed by atoms with Gasteiger partial charge >= 0.3 is 12.2 Å². The summed E-state index contributed by atoms with van der Waals surface area (Å²) >= 11 is 0. The van der Waals surface area contributed by atoms with Crippen LogP contribution in [-0.4, -0.2) is 41.8 Å². The minimum atomic E-state index is -0.506. The highest BCUT2D eigenvalue weighted by Crippen LogP contribution is 2.26. The Kier molecular flexibility index (Phi) is 5.70. The topological polar surface area (TPSA) is 67.9 Å². The molecule has 0 atom stereocenters. The van der Waals surface area contributed by atoms with E-state index in [2.05, 4.69) is 5.32 Å². The van der Waals surface area contributed by atoms with E-state index in [1.807, 2.05) is 51.1 Å². The molecule has 0 aliphatic heterocycles. The van der Waals surface area contributed by atoms with Crippen LogP contribution in [0.1, 0.15) is 39.2 Å². The molecule has 0 heterocycles. The Morgan fingerprint density at radius 2 is 1.83 bits per heavy atom. The van der Waals surface area contributed by atoms with Crippen molar-refractivity contribution in [1.82, 2.24) is 10.2 Å². The Morgan fingerprint density at radius 3 is 2.42 bits per heavy atom. The van der Waals surface area contributed by atoms with Crippen LogP contribution in [0.15, 0.2) is 30.3 Å². The molecule has 132 valence electrons. The van der Waals surface area contributed by atoms with E-state index in [0.29, 0.717) is 12.8 Å². The zero-order valence-electron chi connectivity index (χ0n) is 14.7. The average molecular weight is 334 g/mol. The van der Waals surface area contributed by atoms with Crippen LogP contribution in [0.5, 0.6) is 0 Å². The lowest BCUT2D eigenvalue weighted by Gasteiger charge is -2.41. The average Bonchev–Trinajstić information content (AvgIpc) is 2.47. The molecule has 24 heavy (non-hydrogen) atoms. The summed E-state index contributed by atoms with van der Waals surface area (Å²) < 4.78 is 10.5. The van der Waals surface area contributed by atoms with Gasteiger partial charge in [-0.05, 0) is 39.2 Å². The van der Waals surface area contributed by atoms with Crippen LogP contribution in [0.2, 0.25) is 0 Å². The molecule has 0 bridgehead atoms. The van der Waals surface area contributed by atoms with Crippen molar-refractivity contribution >= 4 is 12.2 Å². The first-order valence-electron chi connectivity index (χ1n) is 8.17. The predicted octanol–water partition coefficient (Wildman–Crippen LogP) is 3.31. The number of carbonyl (C=O) groups excluding carboxylic acids is 2. The van der Waals surface area contributed by atoms with Crippen molar-refractivity contribution in [2.24, 2.45) is 0 Å². The summed E-state index contributed by atoms with van der Waals surface area (Å²) in [5, 5.41) is 2.82. The lowest BCUT2D eigenvalue weighted by Crippen LogP contribution is -2.54. The zero-order valence-corrected chi connectivity index (χ0v) is 14.7. The summed E-state index contributed by atoms with van der Waals surface area (Å²) in [6, 6.07) is 9.64. The molecule has 0 aromatic heterocycles. The molecule has 2 rings (SSSR count). The van der Waals surface area contributed by atoms with Gasteiger partial charge in [-0.2, -0.15) is 0 Å². The number of nitrogens with zero attached hydrogens (tertiary/aromatic N) is 1. The number of benzene rings is 1. The first-order chi connectivity index (χ1) is 11.2. The Bertz CT molecular complexity index is 562. The number of carbonyl (C=O) groups is 2. The van der Waals surface area contributed by atoms with Gasteiger partial charge in [0.2, 0.25) is 0 Å². The summed E-state index contributed by atoms with van der Waals surface area (Å²) in [5.74, 6) is 0. The van der Waals surface area contributed by atoms with Crippen molar-refractivity contribution in [3.05, 3.63) is 35.9 Å². The minimum absolute atomic E-state index is 0.0307. The molecule has 1 N–H and O–H groups in total. The van der Waals surface area contributed by atoms with Crippen LogP contribution in [0.4, 0.5) is 9.59 Å². The normalized spacial score (nSPS) is 19.8. The molecule has 6 heteroatoms. The van der Waals surface area contributed by atoms with E-state index >= 15 is 0 Å². The van der Waals surface area contributed by atoms with E-state index in [-0.39, 0.29) is 24.8 Å². The highest BCUT2D eigenvalue weighted by Gasteiger charge is 2.36. The molecule has 0 spiro atoms. The van der Waals surface area contributed by atoms with Gasteiger partial charge in [0, 0.05) is 19.1 Å². The monoisotopic (exact) mass is 334 g/mol. The van der Waals surface area contributed by atoms with E-state index in [0.717, 1.165) is 5.56 Å². The minimum Gasteiger partial charge on any atom is -0.445 e. The van der Waals surface area contributed by atoms with Gasteiger partial charge in [-0.3, -0.25) is 0 Å². The lowest BCUT2D eigenvalue weighted by atomic mass is 9.86. The lowest BCUT2D eigenvalue weighted by molar-refractivity contribution is 0.0103. The van der Waals surface area contributed by atoms with Crippen molar-refractivity contribution in [3.8, 4) is 0 Å². The summed E-state index contributed by atoms with van der Waals surface area (Å²) in [4.78, 5) is 25.3. The van der Waals surface area contributed by atoms with Gasteiger partial charge in [-0.25, -0.2) is 9.59 Å². The first kappa shape index (κ1) is 18.1. The van der Waals surface area contributed by atoms with E-state index in [9.17, 15) is 9.59 Å². The van der Waals surface area contributed by atoms with E-state index in [1.54, 1.807) is 11.9 Å². The number of ether oxygens (including phenoxy) is 2. The second-order valence-electron chi connectivity index (χ2n) is 7.12. The fourth-order valence-corrected chi connectivity index (χ4v) is 2.44. The summed E-state index contributed by atoms with van der Waals surface area (Å²) in [6.45, 7) is 5.77. The summed E-state index contributed by atoms with van der Waals surface area (Å²) in [7, 11) is 1.72. The molecule has 1 aliphatic carbocycles. The molecule has 1 saturated carbocycles. The molecule has 1 aromatic carbocycles. The second kappa shape index (κ2) is 7.55. The summed E-state index contributed by atoms with van der Waals surface area (Å²) in [6.07, 6.45) is 0.645. The maximum absolute atomic E-state index is 12.0. The maximum Gasteiger partial charge on any atom is 0.410 e. The van der Waals surface area contributed by atoms with Gasteiger partial charge in [0.1, 0.15) is 12.2 Å². The van der Waals surface area contributed by atoms with Gasteiger partial charge < -0.3 is 19.7 Å². The Balaban J connectivity index is 1.67. The molecule has 2 amide bonds. The smallest absolute Gasteiger partial charge is 0.410 e. The van der Waals surface area contributed by atoms with E-state index < -0.39 is 11.7 Å². The molecule has 0 unspecified atom stereocenters. The maximum atomic E-state index is 12.0. The van der Waals surface area contributed by atoms with Gasteiger partial charge in [0.15, 0.2) is 0 Å². The number of amides is 2. The fraction of sp³-hybridized carbons (Fsp3) is 0.556.